The van der Waals surface area contributed by atoms with Crippen LogP contribution in [-0.2, 0) is 19.1 Å². The van der Waals surface area contributed by atoms with E-state index in [2.05, 4.69) is 15.4 Å². The van der Waals surface area contributed by atoms with Crippen molar-refractivity contribution in [1.82, 2.24) is 10.6 Å². The summed E-state index contributed by atoms with van der Waals surface area (Å²) >= 11 is 0. The highest BCUT2D eigenvalue weighted by Crippen LogP contribution is 2.19. The number of hydrogen-bond acceptors (Lipinski definition) is 5. The van der Waals surface area contributed by atoms with Crippen molar-refractivity contribution in [3.63, 3.8) is 0 Å². The van der Waals surface area contributed by atoms with Gasteiger partial charge in [0.25, 0.3) is 0 Å². The first-order valence-electron chi connectivity index (χ1n) is 6.24. The van der Waals surface area contributed by atoms with Crippen molar-refractivity contribution in [3.8, 4) is 0 Å². The van der Waals surface area contributed by atoms with Gasteiger partial charge in [-0.2, -0.15) is 0 Å². The van der Waals surface area contributed by atoms with Crippen LogP contribution in [0, 0.1) is 0 Å². The summed E-state index contributed by atoms with van der Waals surface area (Å²) in [5.74, 6) is -2.32. The third kappa shape index (κ3) is 4.20. The van der Waals surface area contributed by atoms with E-state index in [1.165, 1.54) is 7.11 Å². The number of ether oxygens (including phenoxy) is 1. The maximum absolute atomic E-state index is 12.1. The molecule has 0 aromatic rings. The molecule has 0 bridgehead atoms. The minimum absolute atomic E-state index is 0.381. The number of esters is 1. The van der Waals surface area contributed by atoms with Crippen molar-refractivity contribution in [2.45, 2.75) is 44.2 Å². The zero-order valence-corrected chi connectivity index (χ0v) is 11.2. The van der Waals surface area contributed by atoms with Crippen molar-refractivity contribution in [3.05, 3.63) is 0 Å². The second-order valence-electron chi connectivity index (χ2n) is 4.86. The normalized spacial score (nSPS) is 24.3. The summed E-state index contributed by atoms with van der Waals surface area (Å²) in [5.41, 5.74) is -0.776. The van der Waals surface area contributed by atoms with E-state index in [4.69, 9.17) is 5.11 Å². The molecular weight excluding hydrogens is 252 g/mol. The summed E-state index contributed by atoms with van der Waals surface area (Å²) < 4.78 is 4.41. The molecule has 19 heavy (non-hydrogen) atoms. The van der Waals surface area contributed by atoms with E-state index < -0.39 is 29.4 Å². The molecule has 0 radical (unpaired) electrons. The lowest BCUT2D eigenvalue weighted by Crippen LogP contribution is -2.59. The minimum Gasteiger partial charge on any atom is -0.480 e. The van der Waals surface area contributed by atoms with Crippen molar-refractivity contribution < 1.29 is 24.2 Å². The predicted molar refractivity (Wildman–Crippen MR) is 66.5 cm³/mol. The second kappa shape index (κ2) is 6.51. The molecule has 1 unspecified atom stereocenters. The van der Waals surface area contributed by atoms with Crippen LogP contribution < -0.4 is 10.6 Å². The van der Waals surface area contributed by atoms with Crippen LogP contribution in [0.15, 0.2) is 0 Å². The molecule has 3 N–H and O–H groups in total. The minimum atomic E-state index is -1.26. The Kier molecular flexibility index (Phi) is 5.29. The fraction of sp³-hybridized carbons (Fsp3) is 0.750. The quantitative estimate of drug-likeness (QED) is 0.591. The van der Waals surface area contributed by atoms with Crippen LogP contribution in [0.2, 0.25) is 0 Å². The first-order valence-corrected chi connectivity index (χ1v) is 6.24. The summed E-state index contributed by atoms with van der Waals surface area (Å²) in [5, 5.41) is 14.5. The first-order chi connectivity index (χ1) is 8.89. The zero-order chi connectivity index (χ0) is 14.5. The maximum atomic E-state index is 12.1. The molecule has 7 nitrogen and oxygen atoms in total. The largest absolute Gasteiger partial charge is 0.480 e. The Morgan fingerprint density at radius 3 is 2.58 bits per heavy atom. The number of carbonyl (C=O) groups excluding carboxylic acids is 2. The number of methoxy groups -OCH3 is 1. The number of carboxylic acids is 1. The lowest BCUT2D eigenvalue weighted by atomic mass is 9.89. The average molecular weight is 272 g/mol. The Balaban J connectivity index is 2.65. The summed E-state index contributed by atoms with van der Waals surface area (Å²) in [6.45, 7) is 2.46. The van der Waals surface area contributed by atoms with Crippen LogP contribution in [0.25, 0.3) is 0 Å². The molecule has 1 fully saturated rings. The summed E-state index contributed by atoms with van der Waals surface area (Å²) in [6.07, 6.45) is 2.16. The molecule has 0 spiro atoms. The van der Waals surface area contributed by atoms with E-state index in [1.807, 2.05) is 0 Å². The van der Waals surface area contributed by atoms with Gasteiger partial charge in [-0.1, -0.05) is 0 Å². The van der Waals surface area contributed by atoms with Gasteiger partial charge in [-0.3, -0.25) is 9.59 Å². The molecule has 1 rings (SSSR count). The van der Waals surface area contributed by atoms with Gasteiger partial charge in [0.05, 0.1) is 19.1 Å². The summed E-state index contributed by atoms with van der Waals surface area (Å²) in [6, 6.07) is -1.26. The van der Waals surface area contributed by atoms with E-state index in [9.17, 15) is 14.4 Å². The van der Waals surface area contributed by atoms with Gasteiger partial charge in [0.15, 0.2) is 0 Å². The van der Waals surface area contributed by atoms with E-state index >= 15 is 0 Å². The fourth-order valence-corrected chi connectivity index (χ4v) is 2.02. The van der Waals surface area contributed by atoms with Gasteiger partial charge in [-0.25, -0.2) is 4.79 Å². The molecule has 108 valence electrons. The van der Waals surface area contributed by atoms with Crippen molar-refractivity contribution >= 4 is 17.8 Å². The Bertz CT molecular complexity index is 363. The highest BCUT2D eigenvalue weighted by atomic mass is 16.5. The van der Waals surface area contributed by atoms with Gasteiger partial charge in [-0.05, 0) is 32.7 Å². The molecule has 1 amide bonds. The Morgan fingerprint density at radius 1 is 1.42 bits per heavy atom. The molecule has 7 heteroatoms. The average Bonchev–Trinajstić information content (AvgIpc) is 2.38. The molecule has 1 aliphatic heterocycles. The van der Waals surface area contributed by atoms with Gasteiger partial charge in [0.1, 0.15) is 6.04 Å². The molecule has 0 aromatic heterocycles. The van der Waals surface area contributed by atoms with Gasteiger partial charge >= 0.3 is 11.9 Å². The highest BCUT2D eigenvalue weighted by Gasteiger charge is 2.36. The van der Waals surface area contributed by atoms with Crippen LogP contribution in [0.4, 0.5) is 0 Å². The highest BCUT2D eigenvalue weighted by molar-refractivity contribution is 5.91. The molecule has 1 saturated heterocycles. The lowest BCUT2D eigenvalue weighted by Gasteiger charge is -2.34. The van der Waals surface area contributed by atoms with E-state index in [-0.39, 0.29) is 6.42 Å². The number of rotatable bonds is 5. The SMILES string of the molecule is COC(=O)C[C@H](NC(=O)C1(C)CCCCN1)C(=O)O. The van der Waals surface area contributed by atoms with Crippen LogP contribution in [0.1, 0.15) is 32.6 Å². The van der Waals surface area contributed by atoms with E-state index in [1.54, 1.807) is 6.92 Å². The Labute approximate surface area is 111 Å². The molecule has 2 atom stereocenters. The molecule has 1 aliphatic rings. The van der Waals surface area contributed by atoms with Gasteiger partial charge < -0.3 is 20.5 Å². The zero-order valence-electron chi connectivity index (χ0n) is 11.2. The summed E-state index contributed by atoms with van der Waals surface area (Å²) in [4.78, 5) is 34.3. The van der Waals surface area contributed by atoms with Gasteiger partial charge in [0.2, 0.25) is 5.91 Å². The molecule has 0 aromatic carbocycles. The standard InChI is InChI=1S/C12H20N2O5/c1-12(5-3-4-6-13-12)11(18)14-8(10(16)17)7-9(15)19-2/h8,13H,3-7H2,1-2H3,(H,14,18)(H,16,17)/t8-,12?/m0/s1. The van der Waals surface area contributed by atoms with Crippen molar-refractivity contribution in [2.75, 3.05) is 13.7 Å². The van der Waals surface area contributed by atoms with Crippen LogP contribution in [-0.4, -0.2) is 48.2 Å². The Hall–Kier alpha value is -1.63. The smallest absolute Gasteiger partial charge is 0.326 e. The predicted octanol–water partition coefficient (Wildman–Crippen LogP) is -0.349. The summed E-state index contributed by atoms with van der Waals surface area (Å²) in [7, 11) is 1.17. The number of amides is 1. The molecular formula is C12H20N2O5. The fourth-order valence-electron chi connectivity index (χ4n) is 2.02. The van der Waals surface area contributed by atoms with E-state index in [0.717, 1.165) is 19.4 Å². The number of hydrogen-bond donors (Lipinski definition) is 3. The number of nitrogens with one attached hydrogen (secondary N) is 2. The lowest BCUT2D eigenvalue weighted by molar-refractivity contribution is -0.149. The molecule has 1 heterocycles. The van der Waals surface area contributed by atoms with E-state index in [0.29, 0.717) is 6.42 Å². The Morgan fingerprint density at radius 2 is 2.11 bits per heavy atom. The van der Waals surface area contributed by atoms with Crippen molar-refractivity contribution in [1.29, 1.82) is 0 Å². The third-order valence-electron chi connectivity index (χ3n) is 3.32. The van der Waals surface area contributed by atoms with Crippen LogP contribution in [0.5, 0.6) is 0 Å². The van der Waals surface area contributed by atoms with Crippen molar-refractivity contribution in [2.24, 2.45) is 0 Å². The second-order valence-corrected chi connectivity index (χ2v) is 4.86. The molecule has 0 saturated carbocycles. The number of piperidine rings is 1. The number of aliphatic carboxylic acids is 1. The maximum Gasteiger partial charge on any atom is 0.326 e. The number of carbonyl (C=O) groups is 3. The number of carboxylic acid groups (broad SMARTS) is 1. The first kappa shape index (κ1) is 15.4. The van der Waals surface area contributed by atoms with Crippen LogP contribution >= 0.6 is 0 Å². The molecule has 0 aliphatic carbocycles. The van der Waals surface area contributed by atoms with Gasteiger partial charge in [0, 0.05) is 0 Å². The van der Waals surface area contributed by atoms with Gasteiger partial charge in [-0.15, -0.1) is 0 Å². The third-order valence-corrected chi connectivity index (χ3v) is 3.32. The topological polar surface area (TPSA) is 105 Å². The monoisotopic (exact) mass is 272 g/mol. The van der Waals surface area contributed by atoms with Crippen LogP contribution in [0.3, 0.4) is 0 Å².